The SMILES string of the molecule is NC(=O)COCCNC(=O)C1CCC2CCCCC2N1. The summed E-state index contributed by atoms with van der Waals surface area (Å²) in [7, 11) is 0. The quantitative estimate of drug-likeness (QED) is 0.594. The predicted octanol–water partition coefficient (Wildman–Crippen LogP) is -0.0847. The molecule has 3 atom stereocenters. The van der Waals surface area contributed by atoms with Gasteiger partial charge in [0.05, 0.1) is 12.6 Å². The van der Waals surface area contributed by atoms with Crippen molar-refractivity contribution < 1.29 is 14.3 Å². The molecule has 3 unspecified atom stereocenters. The van der Waals surface area contributed by atoms with Crippen molar-refractivity contribution in [2.75, 3.05) is 19.8 Å². The van der Waals surface area contributed by atoms with Crippen molar-refractivity contribution in [1.82, 2.24) is 10.6 Å². The lowest BCUT2D eigenvalue weighted by Crippen LogP contribution is -2.55. The van der Waals surface area contributed by atoms with Crippen LogP contribution in [0, 0.1) is 5.92 Å². The van der Waals surface area contributed by atoms with Crippen molar-refractivity contribution in [1.29, 1.82) is 0 Å². The average Bonchev–Trinajstić information content (AvgIpc) is 2.46. The molecule has 0 aromatic heterocycles. The monoisotopic (exact) mass is 283 g/mol. The lowest BCUT2D eigenvalue weighted by Gasteiger charge is -2.39. The second-order valence-electron chi connectivity index (χ2n) is 5.76. The molecule has 1 saturated heterocycles. The highest BCUT2D eigenvalue weighted by Gasteiger charge is 2.34. The van der Waals surface area contributed by atoms with Crippen LogP contribution in [0.2, 0.25) is 0 Å². The summed E-state index contributed by atoms with van der Waals surface area (Å²) in [6, 6.07) is 0.435. The molecule has 6 heteroatoms. The number of hydrogen-bond donors (Lipinski definition) is 3. The van der Waals surface area contributed by atoms with E-state index in [9.17, 15) is 9.59 Å². The summed E-state index contributed by atoms with van der Waals surface area (Å²) in [5.41, 5.74) is 4.95. The number of rotatable bonds is 6. The molecule has 2 aliphatic rings. The zero-order valence-electron chi connectivity index (χ0n) is 11.9. The van der Waals surface area contributed by atoms with E-state index >= 15 is 0 Å². The second kappa shape index (κ2) is 7.59. The number of hydrogen-bond acceptors (Lipinski definition) is 4. The molecule has 1 heterocycles. The van der Waals surface area contributed by atoms with Crippen LogP contribution in [0.1, 0.15) is 38.5 Å². The Morgan fingerprint density at radius 2 is 2.00 bits per heavy atom. The summed E-state index contributed by atoms with van der Waals surface area (Å²) < 4.78 is 5.01. The van der Waals surface area contributed by atoms with Crippen LogP contribution < -0.4 is 16.4 Å². The second-order valence-corrected chi connectivity index (χ2v) is 5.76. The zero-order chi connectivity index (χ0) is 14.4. The molecule has 0 aromatic rings. The number of fused-ring (bicyclic) bond motifs is 1. The van der Waals surface area contributed by atoms with E-state index < -0.39 is 5.91 Å². The molecule has 1 saturated carbocycles. The molecule has 20 heavy (non-hydrogen) atoms. The first kappa shape index (κ1) is 15.3. The van der Waals surface area contributed by atoms with Crippen molar-refractivity contribution in [3.05, 3.63) is 0 Å². The number of carbonyl (C=O) groups is 2. The molecule has 4 N–H and O–H groups in total. The summed E-state index contributed by atoms with van der Waals surface area (Å²) in [6.45, 7) is 0.632. The van der Waals surface area contributed by atoms with Crippen LogP contribution in [-0.4, -0.2) is 43.7 Å². The Balaban J connectivity index is 1.64. The molecule has 1 aliphatic carbocycles. The summed E-state index contributed by atoms with van der Waals surface area (Å²) >= 11 is 0. The van der Waals surface area contributed by atoms with Crippen molar-refractivity contribution in [3.8, 4) is 0 Å². The van der Waals surface area contributed by atoms with Gasteiger partial charge < -0.3 is 21.1 Å². The highest BCUT2D eigenvalue weighted by atomic mass is 16.5. The number of nitrogens with two attached hydrogens (primary N) is 1. The van der Waals surface area contributed by atoms with E-state index in [1.165, 1.54) is 25.7 Å². The number of carbonyl (C=O) groups excluding carboxylic acids is 2. The van der Waals surface area contributed by atoms with E-state index in [1.807, 2.05) is 0 Å². The minimum absolute atomic E-state index is 0.0386. The highest BCUT2D eigenvalue weighted by molar-refractivity contribution is 5.81. The van der Waals surface area contributed by atoms with Crippen LogP contribution in [0.4, 0.5) is 0 Å². The third kappa shape index (κ3) is 4.45. The van der Waals surface area contributed by atoms with Crippen LogP contribution in [0.5, 0.6) is 0 Å². The molecule has 2 fully saturated rings. The van der Waals surface area contributed by atoms with Crippen LogP contribution in [-0.2, 0) is 14.3 Å². The van der Waals surface area contributed by atoms with Gasteiger partial charge in [0.15, 0.2) is 0 Å². The van der Waals surface area contributed by atoms with Gasteiger partial charge in [-0.1, -0.05) is 12.8 Å². The molecule has 6 nitrogen and oxygen atoms in total. The predicted molar refractivity (Wildman–Crippen MR) is 74.9 cm³/mol. The molecule has 2 amide bonds. The first-order chi connectivity index (χ1) is 9.66. The molecular formula is C14H25N3O3. The third-order valence-electron chi connectivity index (χ3n) is 4.26. The summed E-state index contributed by atoms with van der Waals surface area (Å²) in [6.07, 6.45) is 7.15. The van der Waals surface area contributed by atoms with Crippen LogP contribution in [0.15, 0.2) is 0 Å². The molecule has 0 bridgehead atoms. The van der Waals surface area contributed by atoms with Crippen LogP contribution in [0.25, 0.3) is 0 Å². The molecule has 0 spiro atoms. The van der Waals surface area contributed by atoms with E-state index in [2.05, 4.69) is 10.6 Å². The van der Waals surface area contributed by atoms with Gasteiger partial charge in [0, 0.05) is 12.6 Å². The lowest BCUT2D eigenvalue weighted by molar-refractivity contribution is -0.124. The van der Waals surface area contributed by atoms with E-state index in [-0.39, 0.29) is 18.6 Å². The number of ether oxygens (including phenoxy) is 1. The van der Waals surface area contributed by atoms with Crippen molar-refractivity contribution >= 4 is 11.8 Å². The standard InChI is InChI=1S/C14H25N3O3/c15-13(18)9-20-8-7-16-14(19)12-6-5-10-3-1-2-4-11(10)17-12/h10-12,17H,1-9H2,(H2,15,18)(H,16,19). The maximum absolute atomic E-state index is 12.0. The van der Waals surface area contributed by atoms with Crippen molar-refractivity contribution in [2.24, 2.45) is 11.7 Å². The fourth-order valence-electron chi connectivity index (χ4n) is 3.24. The van der Waals surface area contributed by atoms with Crippen molar-refractivity contribution in [2.45, 2.75) is 50.6 Å². The number of amides is 2. The van der Waals surface area contributed by atoms with E-state index in [0.717, 1.165) is 18.8 Å². The summed E-state index contributed by atoms with van der Waals surface area (Å²) in [4.78, 5) is 22.5. The fraction of sp³-hybridized carbons (Fsp3) is 0.857. The molecule has 114 valence electrons. The molecule has 2 rings (SSSR count). The van der Waals surface area contributed by atoms with E-state index in [4.69, 9.17) is 10.5 Å². The summed E-state index contributed by atoms with van der Waals surface area (Å²) in [5, 5.41) is 6.33. The van der Waals surface area contributed by atoms with Crippen LogP contribution in [0.3, 0.4) is 0 Å². The Morgan fingerprint density at radius 3 is 2.80 bits per heavy atom. The maximum atomic E-state index is 12.0. The summed E-state index contributed by atoms with van der Waals surface area (Å²) in [5.74, 6) is 0.303. The smallest absolute Gasteiger partial charge is 0.243 e. The van der Waals surface area contributed by atoms with Gasteiger partial charge in [-0.25, -0.2) is 0 Å². The van der Waals surface area contributed by atoms with Crippen molar-refractivity contribution in [3.63, 3.8) is 0 Å². The molecule has 1 aliphatic heterocycles. The van der Waals surface area contributed by atoms with Crippen LogP contribution >= 0.6 is 0 Å². The van der Waals surface area contributed by atoms with Gasteiger partial charge in [-0.2, -0.15) is 0 Å². The number of nitrogens with one attached hydrogen (secondary N) is 2. The highest BCUT2D eigenvalue weighted by Crippen LogP contribution is 2.32. The maximum Gasteiger partial charge on any atom is 0.243 e. The number of piperidine rings is 1. The Hall–Kier alpha value is -1.14. The first-order valence-electron chi connectivity index (χ1n) is 7.56. The van der Waals surface area contributed by atoms with Gasteiger partial charge in [-0.15, -0.1) is 0 Å². The number of primary amides is 1. The molecule has 0 aromatic carbocycles. The molecular weight excluding hydrogens is 258 g/mol. The van der Waals surface area contributed by atoms with E-state index in [1.54, 1.807) is 0 Å². The van der Waals surface area contributed by atoms with Gasteiger partial charge in [0.2, 0.25) is 11.8 Å². The van der Waals surface area contributed by atoms with E-state index in [0.29, 0.717) is 19.2 Å². The van der Waals surface area contributed by atoms with Gasteiger partial charge in [-0.3, -0.25) is 9.59 Å². The third-order valence-corrected chi connectivity index (χ3v) is 4.26. The minimum atomic E-state index is -0.492. The largest absolute Gasteiger partial charge is 0.370 e. The topological polar surface area (TPSA) is 93.5 Å². The first-order valence-corrected chi connectivity index (χ1v) is 7.56. The van der Waals surface area contributed by atoms with Gasteiger partial charge in [0.1, 0.15) is 6.61 Å². The normalized spacial score (nSPS) is 29.5. The lowest BCUT2D eigenvalue weighted by atomic mass is 9.77. The minimum Gasteiger partial charge on any atom is -0.370 e. The Kier molecular flexibility index (Phi) is 5.79. The Morgan fingerprint density at radius 1 is 1.20 bits per heavy atom. The zero-order valence-corrected chi connectivity index (χ0v) is 11.9. The van der Waals surface area contributed by atoms with Gasteiger partial charge in [0.25, 0.3) is 0 Å². The Bertz CT molecular complexity index is 349. The Labute approximate surface area is 119 Å². The average molecular weight is 283 g/mol. The van der Waals surface area contributed by atoms with Gasteiger partial charge >= 0.3 is 0 Å². The molecule has 0 radical (unpaired) electrons. The van der Waals surface area contributed by atoms with Gasteiger partial charge in [-0.05, 0) is 31.6 Å². The fourth-order valence-corrected chi connectivity index (χ4v) is 3.24.